The number of carbonyl (C=O) groups excluding carboxylic acids is 3. The highest BCUT2D eigenvalue weighted by atomic mass is 32.1. The second-order valence-corrected chi connectivity index (χ2v) is 14.6. The first kappa shape index (κ1) is 38.7. The maximum absolute atomic E-state index is 13.4. The molecule has 5 N–H and O–H groups in total. The highest BCUT2D eigenvalue weighted by Gasteiger charge is 2.29. The SMILES string of the molecule is CCCCCCCOc1ccc(-c2cnc(-c3ccc(CC(NC(=O)c4ccc(C(C)(C)C)s4)C(=O)NC(CC(N)=O)C(=O)O)cc3)nc2)cc1. The summed E-state index contributed by atoms with van der Waals surface area (Å²) in [6, 6.07) is 16.0. The number of aliphatic carboxylic acids is 1. The number of thiophene rings is 1. The summed E-state index contributed by atoms with van der Waals surface area (Å²) in [6.07, 6.45) is 8.93. The van der Waals surface area contributed by atoms with Gasteiger partial charge in [-0.05, 0) is 47.2 Å². The third kappa shape index (κ3) is 11.7. The Morgan fingerprint density at radius 2 is 1.47 bits per heavy atom. The van der Waals surface area contributed by atoms with Crippen LogP contribution in [0.3, 0.4) is 0 Å². The fraction of sp³-hybridized carbons (Fsp3) is 0.385. The van der Waals surface area contributed by atoms with Crippen molar-refractivity contribution >= 4 is 35.0 Å². The molecule has 270 valence electrons. The Morgan fingerprint density at radius 3 is 2.06 bits per heavy atom. The van der Waals surface area contributed by atoms with E-state index in [9.17, 15) is 24.3 Å². The monoisotopic (exact) mass is 713 g/mol. The molecule has 3 amide bonds. The van der Waals surface area contributed by atoms with E-state index < -0.39 is 42.2 Å². The lowest BCUT2D eigenvalue weighted by atomic mass is 9.95. The van der Waals surface area contributed by atoms with Crippen molar-refractivity contribution in [3.8, 4) is 28.3 Å². The molecule has 0 aliphatic carbocycles. The summed E-state index contributed by atoms with van der Waals surface area (Å²) in [5.41, 5.74) is 8.31. The molecule has 11 nitrogen and oxygen atoms in total. The molecule has 51 heavy (non-hydrogen) atoms. The Labute approximate surface area is 303 Å². The Kier molecular flexibility index (Phi) is 13.8. The summed E-state index contributed by atoms with van der Waals surface area (Å²) in [7, 11) is 0. The molecule has 4 aromatic rings. The zero-order valence-corrected chi connectivity index (χ0v) is 30.4. The van der Waals surface area contributed by atoms with E-state index in [0.717, 1.165) is 33.7 Å². The van der Waals surface area contributed by atoms with Crippen molar-refractivity contribution in [3.05, 3.63) is 88.4 Å². The molecule has 0 fully saturated rings. The predicted octanol–water partition coefficient (Wildman–Crippen LogP) is 6.30. The van der Waals surface area contributed by atoms with Crippen LogP contribution in [0.4, 0.5) is 0 Å². The van der Waals surface area contributed by atoms with Gasteiger partial charge in [0.2, 0.25) is 11.8 Å². The third-order valence-corrected chi connectivity index (χ3v) is 9.73. The van der Waals surface area contributed by atoms with E-state index in [1.165, 1.54) is 37.0 Å². The van der Waals surface area contributed by atoms with E-state index >= 15 is 0 Å². The highest BCUT2D eigenvalue weighted by molar-refractivity contribution is 7.14. The number of unbranched alkanes of at least 4 members (excludes halogenated alkanes) is 4. The number of hydrogen-bond acceptors (Lipinski definition) is 8. The summed E-state index contributed by atoms with van der Waals surface area (Å²) in [4.78, 5) is 60.3. The summed E-state index contributed by atoms with van der Waals surface area (Å²) in [5.74, 6) is -2.17. The molecule has 0 aliphatic rings. The molecule has 0 saturated heterocycles. The van der Waals surface area contributed by atoms with Crippen LogP contribution in [-0.2, 0) is 26.2 Å². The van der Waals surface area contributed by atoms with Gasteiger partial charge in [0.25, 0.3) is 5.91 Å². The number of aromatic nitrogens is 2. The predicted molar refractivity (Wildman–Crippen MR) is 199 cm³/mol. The van der Waals surface area contributed by atoms with Crippen LogP contribution in [0.15, 0.2) is 73.1 Å². The number of nitrogens with zero attached hydrogens (tertiary/aromatic N) is 2. The number of hydrogen-bond donors (Lipinski definition) is 4. The Balaban J connectivity index is 1.43. The molecule has 2 aromatic carbocycles. The summed E-state index contributed by atoms with van der Waals surface area (Å²) < 4.78 is 5.88. The summed E-state index contributed by atoms with van der Waals surface area (Å²) in [6.45, 7) is 9.02. The number of nitrogens with two attached hydrogens (primary N) is 1. The van der Waals surface area contributed by atoms with Crippen LogP contribution < -0.4 is 21.1 Å². The first-order chi connectivity index (χ1) is 24.3. The lowest BCUT2D eigenvalue weighted by Crippen LogP contribution is -2.53. The number of carboxylic acids is 1. The fourth-order valence-electron chi connectivity index (χ4n) is 5.27. The minimum absolute atomic E-state index is 0.0522. The van der Waals surface area contributed by atoms with Gasteiger partial charge in [-0.2, -0.15) is 0 Å². The average molecular weight is 714 g/mol. The number of amides is 3. The summed E-state index contributed by atoms with van der Waals surface area (Å²) >= 11 is 1.32. The van der Waals surface area contributed by atoms with Gasteiger partial charge in [0.05, 0.1) is 17.9 Å². The van der Waals surface area contributed by atoms with Gasteiger partial charge in [0.15, 0.2) is 5.82 Å². The standard InChI is InChI=1S/C39H47N5O6S/c1-5-6-7-8-9-20-50-29-16-14-26(15-17-29)28-23-41-35(42-24-28)27-12-10-25(11-13-27)21-30(36(46)44-31(38(48)49)22-34(40)45)43-37(47)32-18-19-33(51-32)39(2,3)4/h10-19,23-24,30-31H,5-9,20-22H2,1-4H3,(H2,40,45)(H,43,47)(H,44,46)(H,48,49). The van der Waals surface area contributed by atoms with Crippen LogP contribution in [-0.4, -0.2) is 57.5 Å². The number of nitrogens with one attached hydrogen (secondary N) is 2. The first-order valence-electron chi connectivity index (χ1n) is 17.2. The number of ether oxygens (including phenoxy) is 1. The van der Waals surface area contributed by atoms with Crippen molar-refractivity contribution in [2.75, 3.05) is 6.61 Å². The average Bonchev–Trinajstić information content (AvgIpc) is 3.62. The topological polar surface area (TPSA) is 174 Å². The van der Waals surface area contributed by atoms with Gasteiger partial charge in [0, 0.05) is 34.8 Å². The van der Waals surface area contributed by atoms with E-state index in [-0.39, 0.29) is 11.8 Å². The van der Waals surface area contributed by atoms with Gasteiger partial charge >= 0.3 is 5.97 Å². The van der Waals surface area contributed by atoms with Gasteiger partial charge in [-0.1, -0.05) is 89.8 Å². The highest BCUT2D eigenvalue weighted by Crippen LogP contribution is 2.29. The molecule has 0 spiro atoms. The number of carbonyl (C=O) groups is 4. The van der Waals surface area contributed by atoms with Crippen LogP contribution >= 0.6 is 11.3 Å². The molecule has 0 aliphatic heterocycles. The largest absolute Gasteiger partial charge is 0.494 e. The maximum Gasteiger partial charge on any atom is 0.326 e. The maximum atomic E-state index is 13.4. The Hall–Kier alpha value is -5.10. The number of benzene rings is 2. The van der Waals surface area contributed by atoms with Gasteiger partial charge in [-0.3, -0.25) is 14.4 Å². The molecule has 12 heteroatoms. The van der Waals surface area contributed by atoms with Gasteiger partial charge < -0.3 is 26.2 Å². The van der Waals surface area contributed by atoms with Crippen molar-refractivity contribution in [2.24, 2.45) is 5.73 Å². The molecular weight excluding hydrogens is 667 g/mol. The van der Waals surface area contributed by atoms with Gasteiger partial charge in [-0.25, -0.2) is 14.8 Å². The van der Waals surface area contributed by atoms with E-state index in [2.05, 4.69) is 27.5 Å². The Morgan fingerprint density at radius 1 is 0.824 bits per heavy atom. The molecule has 2 unspecified atom stereocenters. The molecule has 0 bridgehead atoms. The second kappa shape index (κ2) is 18.2. The molecule has 2 aromatic heterocycles. The van der Waals surface area contributed by atoms with Crippen molar-refractivity contribution in [1.82, 2.24) is 20.6 Å². The molecule has 2 atom stereocenters. The molecule has 4 rings (SSSR count). The summed E-state index contributed by atoms with van der Waals surface area (Å²) in [5, 5.41) is 14.6. The molecule has 2 heterocycles. The third-order valence-electron chi connectivity index (χ3n) is 8.22. The lowest BCUT2D eigenvalue weighted by Gasteiger charge is -2.21. The Bertz CT molecular complexity index is 1770. The van der Waals surface area contributed by atoms with E-state index in [1.54, 1.807) is 30.6 Å². The van der Waals surface area contributed by atoms with Gasteiger partial charge in [-0.15, -0.1) is 11.3 Å². The molecular formula is C39H47N5O6S. The van der Waals surface area contributed by atoms with E-state index in [4.69, 9.17) is 10.5 Å². The number of rotatable bonds is 18. The minimum atomic E-state index is -1.54. The van der Waals surface area contributed by atoms with Crippen LogP contribution in [0.1, 0.15) is 86.3 Å². The molecule has 0 saturated carbocycles. The van der Waals surface area contributed by atoms with Crippen molar-refractivity contribution < 1.29 is 29.0 Å². The molecule has 0 radical (unpaired) electrons. The van der Waals surface area contributed by atoms with Crippen LogP contribution in [0.5, 0.6) is 5.75 Å². The normalized spacial score (nSPS) is 12.5. The van der Waals surface area contributed by atoms with Crippen LogP contribution in [0, 0.1) is 0 Å². The smallest absolute Gasteiger partial charge is 0.326 e. The van der Waals surface area contributed by atoms with Gasteiger partial charge in [0.1, 0.15) is 17.8 Å². The fourth-order valence-corrected chi connectivity index (χ4v) is 6.23. The minimum Gasteiger partial charge on any atom is -0.494 e. The first-order valence-corrected chi connectivity index (χ1v) is 18.0. The lowest BCUT2D eigenvalue weighted by molar-refractivity contribution is -0.143. The zero-order chi connectivity index (χ0) is 37.0. The quantitative estimate of drug-likeness (QED) is 0.0869. The van der Waals surface area contributed by atoms with Crippen molar-refractivity contribution in [1.29, 1.82) is 0 Å². The number of carboxylic acid groups (broad SMARTS) is 1. The van der Waals surface area contributed by atoms with Crippen LogP contribution in [0.25, 0.3) is 22.5 Å². The van der Waals surface area contributed by atoms with Crippen molar-refractivity contribution in [3.63, 3.8) is 0 Å². The zero-order valence-electron chi connectivity index (χ0n) is 29.6. The van der Waals surface area contributed by atoms with Crippen LogP contribution in [0.2, 0.25) is 0 Å². The van der Waals surface area contributed by atoms with Crippen molar-refractivity contribution in [2.45, 2.75) is 90.1 Å². The number of primary amides is 1. The second-order valence-electron chi connectivity index (χ2n) is 13.5. The van der Waals surface area contributed by atoms with E-state index in [0.29, 0.717) is 22.9 Å². The van der Waals surface area contributed by atoms with E-state index in [1.807, 2.05) is 63.2 Å².